The first-order valence-electron chi connectivity index (χ1n) is 10.1. The van der Waals surface area contributed by atoms with Crippen molar-refractivity contribution < 1.29 is 0 Å². The highest BCUT2D eigenvalue weighted by Gasteiger charge is 2.54. The predicted octanol–water partition coefficient (Wildman–Crippen LogP) is 6.11. The van der Waals surface area contributed by atoms with Gasteiger partial charge >= 0.3 is 0 Å². The monoisotopic (exact) mass is 400 g/mol. The average Bonchev–Trinajstić information content (AvgIpc) is 3.43. The Labute approximate surface area is 178 Å². The van der Waals surface area contributed by atoms with Gasteiger partial charge in [0.1, 0.15) is 0 Å². The van der Waals surface area contributed by atoms with E-state index in [-0.39, 0.29) is 5.41 Å². The Bertz CT molecular complexity index is 963. The fourth-order valence-corrected chi connectivity index (χ4v) is 4.29. The summed E-state index contributed by atoms with van der Waals surface area (Å²) in [4.78, 5) is 2.47. The molecule has 2 nitrogen and oxygen atoms in total. The van der Waals surface area contributed by atoms with Crippen LogP contribution >= 0.6 is 11.6 Å². The van der Waals surface area contributed by atoms with Gasteiger partial charge in [-0.2, -0.15) is 5.26 Å². The highest BCUT2D eigenvalue weighted by Crippen LogP contribution is 2.54. The van der Waals surface area contributed by atoms with Crippen molar-refractivity contribution in [1.82, 2.24) is 4.90 Å². The Kier molecular flexibility index (Phi) is 6.00. The number of nitrogens with zero attached hydrogens (tertiary/aromatic N) is 2. The van der Waals surface area contributed by atoms with Crippen molar-refractivity contribution in [2.45, 2.75) is 25.9 Å². The van der Waals surface area contributed by atoms with Gasteiger partial charge in [0.2, 0.25) is 0 Å². The van der Waals surface area contributed by atoms with Gasteiger partial charge in [0.15, 0.2) is 0 Å². The Morgan fingerprint density at radius 3 is 1.97 bits per heavy atom. The lowest BCUT2D eigenvalue weighted by Crippen LogP contribution is -2.27. The number of rotatable bonds is 8. The molecule has 3 aromatic rings. The van der Waals surface area contributed by atoms with Crippen LogP contribution in [0.3, 0.4) is 0 Å². The molecular formula is C26H25ClN2. The standard InChI is InChI=1S/C26H25ClN2/c27-25-13-11-23(12-14-25)18-29(17-22-9-5-2-6-10-22)19-24-16-26(24,20-28)15-21-7-3-1-4-8-21/h1-14,24H,15-19H2/t24-,26-/m0/s1. The molecule has 1 aliphatic rings. The van der Waals surface area contributed by atoms with Gasteiger partial charge in [-0.1, -0.05) is 84.4 Å². The van der Waals surface area contributed by atoms with E-state index in [1.807, 2.05) is 18.2 Å². The van der Waals surface area contributed by atoms with Crippen molar-refractivity contribution >= 4 is 11.6 Å². The molecule has 0 heterocycles. The Balaban J connectivity index is 1.47. The fraction of sp³-hybridized carbons (Fsp3) is 0.269. The van der Waals surface area contributed by atoms with E-state index in [0.29, 0.717) is 5.92 Å². The van der Waals surface area contributed by atoms with Gasteiger partial charge < -0.3 is 0 Å². The molecule has 3 heteroatoms. The van der Waals surface area contributed by atoms with Crippen LogP contribution in [0.2, 0.25) is 5.02 Å². The predicted molar refractivity (Wildman–Crippen MR) is 118 cm³/mol. The maximum atomic E-state index is 9.93. The van der Waals surface area contributed by atoms with Crippen molar-refractivity contribution in [2.75, 3.05) is 6.54 Å². The van der Waals surface area contributed by atoms with E-state index < -0.39 is 0 Å². The highest BCUT2D eigenvalue weighted by molar-refractivity contribution is 6.30. The zero-order valence-corrected chi connectivity index (χ0v) is 17.2. The molecule has 29 heavy (non-hydrogen) atoms. The molecule has 0 aromatic heterocycles. The zero-order valence-electron chi connectivity index (χ0n) is 16.5. The molecule has 3 aromatic carbocycles. The third-order valence-corrected chi connectivity index (χ3v) is 6.12. The van der Waals surface area contributed by atoms with Gasteiger partial charge in [0.25, 0.3) is 0 Å². The molecule has 4 rings (SSSR count). The molecular weight excluding hydrogens is 376 g/mol. The lowest BCUT2D eigenvalue weighted by molar-refractivity contribution is 0.236. The SMILES string of the molecule is N#C[C@]1(Cc2ccccc2)C[C@H]1CN(Cc1ccccc1)Cc1ccc(Cl)cc1. The average molecular weight is 401 g/mol. The summed E-state index contributed by atoms with van der Waals surface area (Å²) in [6, 6.07) is 31.7. The summed E-state index contributed by atoms with van der Waals surface area (Å²) in [5, 5.41) is 10.7. The smallest absolute Gasteiger partial charge is 0.0696 e. The Hall–Kier alpha value is -2.60. The number of halogens is 1. The molecule has 0 bridgehead atoms. The minimum atomic E-state index is -0.226. The maximum Gasteiger partial charge on any atom is 0.0696 e. The highest BCUT2D eigenvalue weighted by atomic mass is 35.5. The lowest BCUT2D eigenvalue weighted by atomic mass is 9.95. The summed E-state index contributed by atoms with van der Waals surface area (Å²) in [6.45, 7) is 2.67. The van der Waals surface area contributed by atoms with E-state index in [9.17, 15) is 5.26 Å². The number of nitriles is 1. The largest absolute Gasteiger partial charge is 0.294 e. The molecule has 146 valence electrons. The van der Waals surface area contributed by atoms with Crippen molar-refractivity contribution in [1.29, 1.82) is 5.26 Å². The van der Waals surface area contributed by atoms with Crippen molar-refractivity contribution in [2.24, 2.45) is 11.3 Å². The van der Waals surface area contributed by atoms with Crippen LogP contribution in [0, 0.1) is 22.7 Å². The normalized spacial score (nSPS) is 20.4. The first-order chi connectivity index (χ1) is 14.2. The molecule has 0 unspecified atom stereocenters. The van der Waals surface area contributed by atoms with Crippen LogP contribution in [-0.2, 0) is 19.5 Å². The van der Waals surface area contributed by atoms with E-state index in [4.69, 9.17) is 11.6 Å². The van der Waals surface area contributed by atoms with Crippen LogP contribution in [0.1, 0.15) is 23.1 Å². The lowest BCUT2D eigenvalue weighted by Gasteiger charge is -2.24. The summed E-state index contributed by atoms with van der Waals surface area (Å²) in [7, 11) is 0. The molecule has 1 saturated carbocycles. The molecule has 2 atom stereocenters. The van der Waals surface area contributed by atoms with Crippen LogP contribution in [0.4, 0.5) is 0 Å². The van der Waals surface area contributed by atoms with Gasteiger partial charge in [-0.3, -0.25) is 4.90 Å². The van der Waals surface area contributed by atoms with E-state index >= 15 is 0 Å². The van der Waals surface area contributed by atoms with Crippen molar-refractivity contribution in [3.63, 3.8) is 0 Å². The number of benzene rings is 3. The van der Waals surface area contributed by atoms with E-state index in [0.717, 1.165) is 37.5 Å². The van der Waals surface area contributed by atoms with E-state index in [1.165, 1.54) is 16.7 Å². The second kappa shape index (κ2) is 8.82. The van der Waals surface area contributed by atoms with Gasteiger partial charge in [-0.15, -0.1) is 0 Å². The minimum Gasteiger partial charge on any atom is -0.294 e. The minimum absolute atomic E-state index is 0.226. The Morgan fingerprint density at radius 2 is 1.38 bits per heavy atom. The summed E-state index contributed by atoms with van der Waals surface area (Å²) in [5.74, 6) is 0.406. The molecule has 1 aliphatic carbocycles. The molecule has 0 amide bonds. The summed E-state index contributed by atoms with van der Waals surface area (Å²) in [6.07, 6.45) is 1.82. The van der Waals surface area contributed by atoms with Crippen molar-refractivity contribution in [3.05, 3.63) is 107 Å². The van der Waals surface area contributed by atoms with Crippen LogP contribution in [0.25, 0.3) is 0 Å². The van der Waals surface area contributed by atoms with Crippen LogP contribution < -0.4 is 0 Å². The topological polar surface area (TPSA) is 27.0 Å². The van der Waals surface area contributed by atoms with Crippen LogP contribution in [0.5, 0.6) is 0 Å². The van der Waals surface area contributed by atoms with Crippen molar-refractivity contribution in [3.8, 4) is 6.07 Å². The van der Waals surface area contributed by atoms with Gasteiger partial charge in [0.05, 0.1) is 11.5 Å². The Morgan fingerprint density at radius 1 is 0.828 bits per heavy atom. The van der Waals surface area contributed by atoms with Gasteiger partial charge in [-0.25, -0.2) is 0 Å². The third-order valence-electron chi connectivity index (χ3n) is 5.86. The molecule has 0 N–H and O–H groups in total. The summed E-state index contributed by atoms with van der Waals surface area (Å²) < 4.78 is 0. The zero-order chi connectivity index (χ0) is 20.1. The van der Waals surface area contributed by atoms with E-state index in [2.05, 4.69) is 77.7 Å². The number of hydrogen-bond donors (Lipinski definition) is 0. The summed E-state index contributed by atoms with van der Waals surface area (Å²) >= 11 is 6.06. The maximum absolute atomic E-state index is 9.93. The number of hydrogen-bond acceptors (Lipinski definition) is 2. The quantitative estimate of drug-likeness (QED) is 0.455. The second-order valence-electron chi connectivity index (χ2n) is 8.11. The molecule has 0 spiro atoms. The second-order valence-corrected chi connectivity index (χ2v) is 8.55. The first kappa shape index (κ1) is 19.7. The summed E-state index contributed by atoms with van der Waals surface area (Å²) in [5.41, 5.74) is 3.57. The molecule has 0 radical (unpaired) electrons. The molecule has 1 fully saturated rings. The molecule has 0 saturated heterocycles. The van der Waals surface area contributed by atoms with Crippen LogP contribution in [-0.4, -0.2) is 11.4 Å². The van der Waals surface area contributed by atoms with Gasteiger partial charge in [0, 0.05) is 24.7 Å². The van der Waals surface area contributed by atoms with Crippen LogP contribution in [0.15, 0.2) is 84.9 Å². The fourth-order valence-electron chi connectivity index (χ4n) is 4.16. The molecule has 0 aliphatic heterocycles. The van der Waals surface area contributed by atoms with Gasteiger partial charge in [-0.05, 0) is 47.6 Å². The first-order valence-corrected chi connectivity index (χ1v) is 10.5. The van der Waals surface area contributed by atoms with E-state index in [1.54, 1.807) is 0 Å². The third kappa shape index (κ3) is 5.07.